The fourth-order valence-corrected chi connectivity index (χ4v) is 2.92. The number of carbonyl (C=O) groups excluding carboxylic acids is 2. The Morgan fingerprint density at radius 3 is 2.36 bits per heavy atom. The number of benzene rings is 1. The van der Waals surface area contributed by atoms with E-state index in [-0.39, 0.29) is 12.3 Å². The maximum absolute atomic E-state index is 12.3. The summed E-state index contributed by atoms with van der Waals surface area (Å²) in [6.07, 6.45) is 1.37. The van der Waals surface area contributed by atoms with Gasteiger partial charge in [0, 0.05) is 6.54 Å². The summed E-state index contributed by atoms with van der Waals surface area (Å²) in [7, 11) is 0. The molecule has 0 bridgehead atoms. The molecule has 1 rings (SSSR count). The second-order valence-corrected chi connectivity index (χ2v) is 8.59. The highest BCUT2D eigenvalue weighted by Crippen LogP contribution is 2.11. The molecule has 0 saturated carbocycles. The van der Waals surface area contributed by atoms with Crippen LogP contribution >= 0.6 is 15.9 Å². The summed E-state index contributed by atoms with van der Waals surface area (Å²) in [6.45, 7) is 5.72. The first-order valence-corrected chi connectivity index (χ1v) is 10.2. The van der Waals surface area contributed by atoms with E-state index in [4.69, 9.17) is 4.74 Å². The number of halogens is 1. The molecular formula is C20H29BrN2O5. The van der Waals surface area contributed by atoms with Gasteiger partial charge in [0.15, 0.2) is 0 Å². The summed E-state index contributed by atoms with van der Waals surface area (Å²) >= 11 is 3.32. The van der Waals surface area contributed by atoms with Gasteiger partial charge in [-0.05, 0) is 52.0 Å². The molecule has 0 aromatic heterocycles. The monoisotopic (exact) mass is 456 g/mol. The standard InChI is InChI=1S/C20H29BrN2O5/c1-20(2,3)28-19(27)22-12-8-7-11-16(18(25)26)23-17(24)15(21)13-14-9-5-4-6-10-14/h4-6,9-10,15-16H,7-8,11-13H2,1-3H3,(H,22,27)(H,23,24)(H,25,26)/t15-,16+/m1/s1. The van der Waals surface area contributed by atoms with E-state index in [1.165, 1.54) is 0 Å². The zero-order chi connectivity index (χ0) is 21.2. The predicted octanol–water partition coefficient (Wildman–Crippen LogP) is 3.26. The topological polar surface area (TPSA) is 105 Å². The first-order chi connectivity index (χ1) is 13.1. The van der Waals surface area contributed by atoms with Gasteiger partial charge in [-0.3, -0.25) is 4.79 Å². The maximum atomic E-state index is 12.3. The number of unbranched alkanes of at least 4 members (excludes halogenated alkanes) is 1. The molecule has 1 aromatic rings. The van der Waals surface area contributed by atoms with Crippen molar-refractivity contribution in [1.29, 1.82) is 0 Å². The van der Waals surface area contributed by atoms with Crippen molar-refractivity contribution in [2.75, 3.05) is 6.54 Å². The van der Waals surface area contributed by atoms with Gasteiger partial charge >= 0.3 is 12.1 Å². The summed E-state index contributed by atoms with van der Waals surface area (Å²) in [6, 6.07) is 8.52. The Labute approximate surface area is 174 Å². The van der Waals surface area contributed by atoms with Gasteiger partial charge in [0.1, 0.15) is 11.6 Å². The second-order valence-electron chi connectivity index (χ2n) is 7.48. The quantitative estimate of drug-likeness (QED) is 0.370. The van der Waals surface area contributed by atoms with E-state index in [1.54, 1.807) is 20.8 Å². The fraction of sp³-hybridized carbons (Fsp3) is 0.550. The van der Waals surface area contributed by atoms with E-state index in [0.29, 0.717) is 25.8 Å². The second kappa shape index (κ2) is 11.7. The van der Waals surface area contributed by atoms with Gasteiger partial charge in [0.25, 0.3) is 0 Å². The molecule has 2 amide bonds. The summed E-state index contributed by atoms with van der Waals surface area (Å²) in [4.78, 5) is 34.7. The largest absolute Gasteiger partial charge is 0.480 e. The zero-order valence-corrected chi connectivity index (χ0v) is 18.1. The van der Waals surface area contributed by atoms with Crippen LogP contribution in [0.25, 0.3) is 0 Å². The van der Waals surface area contributed by atoms with Crippen LogP contribution in [0.3, 0.4) is 0 Å². The third-order valence-electron chi connectivity index (χ3n) is 3.74. The molecule has 0 unspecified atom stereocenters. The van der Waals surface area contributed by atoms with Gasteiger partial charge in [-0.15, -0.1) is 0 Å². The number of alkyl carbamates (subject to hydrolysis) is 1. The van der Waals surface area contributed by atoms with Crippen LogP contribution in [0.2, 0.25) is 0 Å². The van der Waals surface area contributed by atoms with Crippen molar-refractivity contribution in [2.45, 2.75) is 62.9 Å². The Bertz CT molecular complexity index is 646. The smallest absolute Gasteiger partial charge is 0.407 e. The molecule has 0 spiro atoms. The third kappa shape index (κ3) is 10.3. The van der Waals surface area contributed by atoms with E-state index in [9.17, 15) is 19.5 Å². The van der Waals surface area contributed by atoms with E-state index in [2.05, 4.69) is 26.6 Å². The number of alkyl halides is 1. The number of hydrogen-bond donors (Lipinski definition) is 3. The van der Waals surface area contributed by atoms with Crippen LogP contribution in [0.4, 0.5) is 4.79 Å². The molecule has 0 aliphatic rings. The summed E-state index contributed by atoms with van der Waals surface area (Å²) in [5, 5.41) is 14.5. The molecule has 0 radical (unpaired) electrons. The number of carbonyl (C=O) groups is 3. The highest BCUT2D eigenvalue weighted by Gasteiger charge is 2.23. The minimum Gasteiger partial charge on any atom is -0.480 e. The number of carboxylic acid groups (broad SMARTS) is 1. The highest BCUT2D eigenvalue weighted by atomic mass is 79.9. The molecule has 3 N–H and O–H groups in total. The summed E-state index contributed by atoms with van der Waals surface area (Å²) < 4.78 is 5.13. The van der Waals surface area contributed by atoms with Crippen LogP contribution in [-0.2, 0) is 20.7 Å². The molecule has 0 aliphatic heterocycles. The molecule has 28 heavy (non-hydrogen) atoms. The van der Waals surface area contributed by atoms with Crippen LogP contribution < -0.4 is 10.6 Å². The van der Waals surface area contributed by atoms with Crippen molar-refractivity contribution in [3.63, 3.8) is 0 Å². The van der Waals surface area contributed by atoms with Crippen LogP contribution in [0.1, 0.15) is 45.6 Å². The van der Waals surface area contributed by atoms with Crippen LogP contribution in [0, 0.1) is 0 Å². The molecule has 1 aromatic carbocycles. The molecule has 7 nitrogen and oxygen atoms in total. The Hall–Kier alpha value is -2.09. The first-order valence-electron chi connectivity index (χ1n) is 9.26. The van der Waals surface area contributed by atoms with Gasteiger partial charge in [-0.1, -0.05) is 46.3 Å². The molecule has 0 heterocycles. The lowest BCUT2D eigenvalue weighted by Crippen LogP contribution is -2.44. The number of nitrogens with one attached hydrogen (secondary N) is 2. The molecular weight excluding hydrogens is 428 g/mol. The highest BCUT2D eigenvalue weighted by molar-refractivity contribution is 9.10. The Morgan fingerprint density at radius 2 is 1.79 bits per heavy atom. The van der Waals surface area contributed by atoms with E-state index in [1.807, 2.05) is 30.3 Å². The van der Waals surface area contributed by atoms with Gasteiger partial charge in [-0.2, -0.15) is 0 Å². The number of aliphatic carboxylic acids is 1. The van der Waals surface area contributed by atoms with E-state index in [0.717, 1.165) is 5.56 Å². The van der Waals surface area contributed by atoms with Gasteiger partial charge < -0.3 is 20.5 Å². The van der Waals surface area contributed by atoms with Crippen molar-refractivity contribution in [3.8, 4) is 0 Å². The number of rotatable bonds is 10. The van der Waals surface area contributed by atoms with Gasteiger partial charge in [0.2, 0.25) is 5.91 Å². The van der Waals surface area contributed by atoms with Crippen molar-refractivity contribution in [1.82, 2.24) is 10.6 Å². The summed E-state index contributed by atoms with van der Waals surface area (Å²) in [5.41, 5.74) is 0.425. The van der Waals surface area contributed by atoms with E-state index < -0.39 is 28.5 Å². The average Bonchev–Trinajstić information content (AvgIpc) is 2.59. The normalized spacial score (nSPS) is 13.3. The van der Waals surface area contributed by atoms with Gasteiger partial charge in [-0.25, -0.2) is 9.59 Å². The van der Waals surface area contributed by atoms with Crippen molar-refractivity contribution < 1.29 is 24.2 Å². The number of ether oxygens (including phenoxy) is 1. The zero-order valence-electron chi connectivity index (χ0n) is 16.5. The molecule has 156 valence electrons. The number of carboxylic acids is 1. The van der Waals surface area contributed by atoms with Crippen LogP contribution in [0.5, 0.6) is 0 Å². The minimum atomic E-state index is -1.08. The Morgan fingerprint density at radius 1 is 1.14 bits per heavy atom. The van der Waals surface area contributed by atoms with Crippen LogP contribution in [-0.4, -0.2) is 46.1 Å². The number of hydrogen-bond acceptors (Lipinski definition) is 4. The van der Waals surface area contributed by atoms with Crippen LogP contribution in [0.15, 0.2) is 30.3 Å². The molecule has 0 aliphatic carbocycles. The lowest BCUT2D eigenvalue weighted by atomic mass is 10.1. The van der Waals surface area contributed by atoms with Crippen molar-refractivity contribution in [2.24, 2.45) is 0 Å². The lowest BCUT2D eigenvalue weighted by Gasteiger charge is -2.20. The van der Waals surface area contributed by atoms with Crippen molar-refractivity contribution in [3.05, 3.63) is 35.9 Å². The molecule has 0 saturated heterocycles. The SMILES string of the molecule is CC(C)(C)OC(=O)NCCCC[C@H](NC(=O)[C@H](Br)Cc1ccccc1)C(=O)O. The molecule has 0 fully saturated rings. The fourth-order valence-electron chi connectivity index (χ4n) is 2.41. The summed E-state index contributed by atoms with van der Waals surface area (Å²) in [5.74, 6) is -1.43. The predicted molar refractivity (Wildman–Crippen MR) is 111 cm³/mol. The Balaban J connectivity index is 2.35. The Kier molecular flexibility index (Phi) is 9.99. The molecule has 8 heteroatoms. The molecule has 2 atom stereocenters. The minimum absolute atomic E-state index is 0.280. The first kappa shape index (κ1) is 23.9. The lowest BCUT2D eigenvalue weighted by molar-refractivity contribution is -0.141. The third-order valence-corrected chi connectivity index (χ3v) is 4.48. The maximum Gasteiger partial charge on any atom is 0.407 e. The van der Waals surface area contributed by atoms with Gasteiger partial charge in [0.05, 0.1) is 4.83 Å². The van der Waals surface area contributed by atoms with Crippen molar-refractivity contribution >= 4 is 33.9 Å². The average molecular weight is 457 g/mol. The number of amides is 2. The van der Waals surface area contributed by atoms with E-state index >= 15 is 0 Å².